The van der Waals surface area contributed by atoms with Crippen molar-refractivity contribution >= 4 is 28.2 Å². The monoisotopic (exact) mass is 284 g/mol. The van der Waals surface area contributed by atoms with E-state index in [9.17, 15) is 9.59 Å². The molecule has 3 aromatic rings. The Bertz CT molecular complexity index is 867. The van der Waals surface area contributed by atoms with Crippen LogP contribution in [0.1, 0.15) is 20.7 Å². The molecule has 0 radical (unpaired) electrons. The van der Waals surface area contributed by atoms with Crippen LogP contribution < -0.4 is 0 Å². The van der Waals surface area contributed by atoms with E-state index in [0.717, 1.165) is 10.8 Å². The van der Waals surface area contributed by atoms with Crippen molar-refractivity contribution in [1.82, 2.24) is 9.61 Å². The van der Waals surface area contributed by atoms with Crippen LogP contribution in [0.5, 0.6) is 0 Å². The van der Waals surface area contributed by atoms with E-state index in [1.54, 1.807) is 6.20 Å². The Morgan fingerprint density at radius 2 is 1.81 bits per heavy atom. The third-order valence-corrected chi connectivity index (χ3v) is 3.32. The van der Waals surface area contributed by atoms with Gasteiger partial charge in [-0.05, 0) is 0 Å². The summed E-state index contributed by atoms with van der Waals surface area (Å²) in [5, 5.41) is 5.90. The Morgan fingerprint density at radius 3 is 2.52 bits per heavy atom. The Hall–Kier alpha value is -2.89. The third kappa shape index (κ3) is 1.92. The number of ether oxygens (including phenoxy) is 2. The quantitative estimate of drug-likeness (QED) is 0.674. The maximum absolute atomic E-state index is 12.1. The molecule has 0 saturated heterocycles. The van der Waals surface area contributed by atoms with Gasteiger partial charge in [0, 0.05) is 17.0 Å². The average molecular weight is 284 g/mol. The van der Waals surface area contributed by atoms with Gasteiger partial charge in [0.25, 0.3) is 0 Å². The summed E-state index contributed by atoms with van der Waals surface area (Å²) < 4.78 is 11.0. The lowest BCUT2D eigenvalue weighted by Crippen LogP contribution is -2.09. The molecule has 0 aliphatic rings. The molecule has 0 aliphatic carbocycles. The molecule has 0 amide bonds. The fourth-order valence-electron chi connectivity index (χ4n) is 2.37. The van der Waals surface area contributed by atoms with Crippen molar-refractivity contribution < 1.29 is 19.1 Å². The summed E-state index contributed by atoms with van der Waals surface area (Å²) in [7, 11) is 2.53. The van der Waals surface area contributed by atoms with Gasteiger partial charge < -0.3 is 9.47 Å². The first-order valence-electron chi connectivity index (χ1n) is 6.23. The summed E-state index contributed by atoms with van der Waals surface area (Å²) >= 11 is 0. The van der Waals surface area contributed by atoms with Crippen LogP contribution in [0.15, 0.2) is 36.7 Å². The smallest absolute Gasteiger partial charge is 0.341 e. The molecule has 3 rings (SSSR count). The van der Waals surface area contributed by atoms with Gasteiger partial charge in [0.2, 0.25) is 0 Å². The zero-order chi connectivity index (χ0) is 15.0. The van der Waals surface area contributed by atoms with Gasteiger partial charge in [-0.15, -0.1) is 0 Å². The molecule has 0 saturated carbocycles. The summed E-state index contributed by atoms with van der Waals surface area (Å²) in [6.07, 6.45) is 3.14. The second kappa shape index (κ2) is 4.90. The summed E-state index contributed by atoms with van der Waals surface area (Å²) in [6, 6.07) is 7.48. The molecular formula is C15H12N2O4. The number of hydrogen-bond donors (Lipinski definition) is 0. The van der Waals surface area contributed by atoms with Crippen molar-refractivity contribution in [3.63, 3.8) is 0 Å². The van der Waals surface area contributed by atoms with E-state index >= 15 is 0 Å². The number of rotatable bonds is 2. The van der Waals surface area contributed by atoms with E-state index in [0.29, 0.717) is 5.52 Å². The van der Waals surface area contributed by atoms with Crippen LogP contribution in [0.3, 0.4) is 0 Å². The predicted octanol–water partition coefficient (Wildman–Crippen LogP) is 2.06. The SMILES string of the molecule is COC(=O)c1cn2ncc3ccccc3c2c1C(=O)OC. The molecule has 106 valence electrons. The molecule has 0 atom stereocenters. The lowest BCUT2D eigenvalue weighted by Gasteiger charge is -2.04. The van der Waals surface area contributed by atoms with E-state index < -0.39 is 11.9 Å². The third-order valence-electron chi connectivity index (χ3n) is 3.32. The number of aromatic nitrogens is 2. The zero-order valence-electron chi connectivity index (χ0n) is 11.5. The van der Waals surface area contributed by atoms with Crippen molar-refractivity contribution in [2.24, 2.45) is 0 Å². The van der Waals surface area contributed by atoms with E-state index in [1.807, 2.05) is 24.3 Å². The minimum absolute atomic E-state index is 0.133. The Labute approximate surface area is 119 Å². The fraction of sp³-hybridized carbons (Fsp3) is 0.133. The number of benzene rings is 1. The minimum Gasteiger partial charge on any atom is -0.465 e. The largest absolute Gasteiger partial charge is 0.465 e. The van der Waals surface area contributed by atoms with Crippen molar-refractivity contribution in [3.05, 3.63) is 47.8 Å². The highest BCUT2D eigenvalue weighted by Crippen LogP contribution is 2.26. The van der Waals surface area contributed by atoms with E-state index in [2.05, 4.69) is 5.10 Å². The molecule has 0 unspecified atom stereocenters. The first-order chi connectivity index (χ1) is 10.2. The van der Waals surface area contributed by atoms with Crippen LogP contribution in [0.2, 0.25) is 0 Å². The maximum Gasteiger partial charge on any atom is 0.341 e. The van der Waals surface area contributed by atoms with Crippen LogP contribution in [-0.4, -0.2) is 35.8 Å². The molecule has 1 aromatic carbocycles. The Balaban J connectivity index is 2.47. The standard InChI is InChI=1S/C15H12N2O4/c1-20-14(18)11-8-17-13(12(11)15(19)21-2)10-6-4-3-5-9(10)7-16-17/h3-8H,1-2H3. The fourth-order valence-corrected chi connectivity index (χ4v) is 2.37. The zero-order valence-corrected chi connectivity index (χ0v) is 11.5. The van der Waals surface area contributed by atoms with Gasteiger partial charge in [-0.1, -0.05) is 24.3 Å². The predicted molar refractivity (Wildman–Crippen MR) is 75.4 cm³/mol. The lowest BCUT2D eigenvalue weighted by molar-refractivity contribution is 0.0558. The lowest BCUT2D eigenvalue weighted by atomic mass is 10.1. The minimum atomic E-state index is -0.606. The number of carbonyl (C=O) groups is 2. The number of nitrogens with zero attached hydrogens (tertiary/aromatic N) is 2. The highest BCUT2D eigenvalue weighted by Gasteiger charge is 2.25. The van der Waals surface area contributed by atoms with Gasteiger partial charge in [-0.2, -0.15) is 5.10 Å². The molecule has 21 heavy (non-hydrogen) atoms. The van der Waals surface area contributed by atoms with Crippen LogP contribution in [0, 0.1) is 0 Å². The Morgan fingerprint density at radius 1 is 1.10 bits per heavy atom. The number of fused-ring (bicyclic) bond motifs is 3. The number of carbonyl (C=O) groups excluding carboxylic acids is 2. The first kappa shape index (κ1) is 13.1. The highest BCUT2D eigenvalue weighted by atomic mass is 16.5. The van der Waals surface area contributed by atoms with Crippen LogP contribution in [0.4, 0.5) is 0 Å². The molecule has 6 nitrogen and oxygen atoms in total. The Kier molecular flexibility index (Phi) is 3.06. The molecular weight excluding hydrogens is 272 g/mol. The van der Waals surface area contributed by atoms with Crippen LogP contribution in [-0.2, 0) is 9.47 Å². The maximum atomic E-state index is 12.1. The van der Waals surface area contributed by atoms with Crippen molar-refractivity contribution in [2.45, 2.75) is 0 Å². The van der Waals surface area contributed by atoms with Crippen molar-refractivity contribution in [3.8, 4) is 0 Å². The molecule has 6 heteroatoms. The average Bonchev–Trinajstić information content (AvgIpc) is 2.93. The summed E-state index contributed by atoms with van der Waals surface area (Å²) in [5.74, 6) is -1.21. The molecule has 0 spiro atoms. The molecule has 0 aliphatic heterocycles. The second-order valence-corrected chi connectivity index (χ2v) is 4.43. The van der Waals surface area contributed by atoms with Gasteiger partial charge >= 0.3 is 11.9 Å². The normalized spacial score (nSPS) is 10.8. The highest BCUT2D eigenvalue weighted by molar-refractivity contribution is 6.14. The van der Waals surface area contributed by atoms with Crippen LogP contribution in [0.25, 0.3) is 16.3 Å². The topological polar surface area (TPSA) is 69.9 Å². The van der Waals surface area contributed by atoms with E-state index in [1.165, 1.54) is 24.9 Å². The van der Waals surface area contributed by atoms with Gasteiger partial charge in [0.05, 0.1) is 31.5 Å². The van der Waals surface area contributed by atoms with Gasteiger partial charge in [0.1, 0.15) is 5.56 Å². The van der Waals surface area contributed by atoms with E-state index in [4.69, 9.17) is 9.47 Å². The number of hydrogen-bond acceptors (Lipinski definition) is 5. The first-order valence-corrected chi connectivity index (χ1v) is 6.23. The second-order valence-electron chi connectivity index (χ2n) is 4.43. The van der Waals surface area contributed by atoms with Crippen molar-refractivity contribution in [1.29, 1.82) is 0 Å². The molecule has 0 fully saturated rings. The molecule has 2 heterocycles. The summed E-state index contributed by atoms with van der Waals surface area (Å²) in [6.45, 7) is 0. The summed E-state index contributed by atoms with van der Waals surface area (Å²) in [5.41, 5.74) is 0.821. The molecule has 2 aromatic heterocycles. The van der Waals surface area contributed by atoms with Crippen molar-refractivity contribution in [2.75, 3.05) is 14.2 Å². The van der Waals surface area contributed by atoms with Gasteiger partial charge in [-0.25, -0.2) is 14.1 Å². The van der Waals surface area contributed by atoms with Crippen LogP contribution >= 0.6 is 0 Å². The number of methoxy groups -OCH3 is 2. The van der Waals surface area contributed by atoms with E-state index in [-0.39, 0.29) is 11.1 Å². The van der Waals surface area contributed by atoms with Gasteiger partial charge in [0.15, 0.2) is 0 Å². The van der Waals surface area contributed by atoms with Gasteiger partial charge in [-0.3, -0.25) is 0 Å². The summed E-state index contributed by atoms with van der Waals surface area (Å²) in [4.78, 5) is 24.0. The molecule has 0 bridgehead atoms. The molecule has 0 N–H and O–H groups in total. The number of esters is 2.